The number of piperidine rings is 2. The zero-order valence-electron chi connectivity index (χ0n) is 41.1. The van der Waals surface area contributed by atoms with Crippen molar-refractivity contribution in [1.82, 2.24) is 30.4 Å². The monoisotopic (exact) mass is 1020 g/mol. The minimum Gasteiger partial charge on any atom is -0.495 e. The molecule has 1 saturated carbocycles. The van der Waals surface area contributed by atoms with Crippen LogP contribution in [0.15, 0.2) is 36.5 Å². The van der Waals surface area contributed by atoms with Gasteiger partial charge in [0.05, 0.1) is 88.5 Å². The lowest BCUT2D eigenvalue weighted by Gasteiger charge is -2.32. The van der Waals surface area contributed by atoms with Crippen molar-refractivity contribution in [3.05, 3.63) is 64.6 Å². The number of rotatable bonds is 23. The maximum Gasteiger partial charge on any atom is 0.342 e. The number of fused-ring (bicyclic) bond motifs is 2. The number of anilines is 4. The number of alkyl halides is 2. The molecule has 1 aromatic heterocycles. The molecule has 3 fully saturated rings. The largest absolute Gasteiger partial charge is 0.495 e. The summed E-state index contributed by atoms with van der Waals surface area (Å²) in [5.41, 5.74) is 1.31. The number of benzene rings is 2. The van der Waals surface area contributed by atoms with Gasteiger partial charge in [0.25, 0.3) is 23.6 Å². The fourth-order valence-corrected chi connectivity index (χ4v) is 9.90. The normalized spacial score (nSPS) is 19.5. The van der Waals surface area contributed by atoms with E-state index >= 15 is 13.2 Å². The number of hydrogen-bond donors (Lipinski definition) is 3. The summed E-state index contributed by atoms with van der Waals surface area (Å²) in [5, 5.41) is 8.07. The minimum absolute atomic E-state index is 0.0265. The van der Waals surface area contributed by atoms with Gasteiger partial charge in [-0.25, -0.2) is 9.37 Å². The average molecular weight is 1020 g/mol. The predicted molar refractivity (Wildman–Crippen MR) is 258 cm³/mol. The van der Waals surface area contributed by atoms with Crippen LogP contribution >= 0.6 is 0 Å². The molecule has 23 heteroatoms. The summed E-state index contributed by atoms with van der Waals surface area (Å²) in [6.45, 7) is 4.57. The number of amides is 6. The highest BCUT2D eigenvalue weighted by Gasteiger charge is 2.49. The van der Waals surface area contributed by atoms with Gasteiger partial charge >= 0.3 is 5.92 Å². The van der Waals surface area contributed by atoms with Crippen molar-refractivity contribution >= 4 is 58.6 Å². The Kier molecular flexibility index (Phi) is 17.6. The number of methoxy groups -OCH3 is 1. The molecule has 4 aliphatic heterocycles. The molecule has 2 aromatic carbocycles. The molecule has 1 unspecified atom stereocenters. The van der Waals surface area contributed by atoms with Crippen molar-refractivity contribution < 1.29 is 65.6 Å². The standard InChI is InChI=1S/C50H62F3N9O11/c1-59-39-29-54-49(58-43(39)61(33-9-3-4-10-33)30-50(52,53)48(59)68)56-37-28-36(51)35(27-40(37)69-2)44(64)55-32-14-16-60(17-15-32)18-20-71-22-24-73-26-25-72-23-21-70-19-6-8-31-7-5-11-34-42(31)47(67)62(46(34)66)38-12-13-41(63)57-45(38)65/h5,7,11,27-29,32-33,38H,3-4,6,8-10,12-26,30H2,1-2H3,(H,55,64)(H,54,56,58)(H,57,63,65). The number of ether oxygens (including phenoxy) is 5. The predicted octanol–water partition coefficient (Wildman–Crippen LogP) is 4.02. The van der Waals surface area contributed by atoms with Gasteiger partial charge in [-0.1, -0.05) is 25.0 Å². The second kappa shape index (κ2) is 24.2. The van der Waals surface area contributed by atoms with Crippen molar-refractivity contribution in [2.45, 2.75) is 88.3 Å². The number of likely N-dealkylation sites (tertiary alicyclic amines) is 1. The Morgan fingerprint density at radius 3 is 2.25 bits per heavy atom. The Balaban J connectivity index is 0.670. The fourth-order valence-electron chi connectivity index (χ4n) is 9.90. The number of nitrogens with one attached hydrogen (secondary N) is 3. The first-order valence-corrected chi connectivity index (χ1v) is 24.9. The Morgan fingerprint density at radius 1 is 0.877 bits per heavy atom. The fraction of sp³-hybridized carbons (Fsp3) is 0.560. The summed E-state index contributed by atoms with van der Waals surface area (Å²) in [4.78, 5) is 90.6. The second-order valence-electron chi connectivity index (χ2n) is 18.6. The van der Waals surface area contributed by atoms with Gasteiger partial charge in [-0.15, -0.1) is 0 Å². The molecule has 0 radical (unpaired) electrons. The lowest BCUT2D eigenvalue weighted by atomic mass is 9.99. The maximum atomic E-state index is 15.6. The van der Waals surface area contributed by atoms with Gasteiger partial charge in [0.15, 0.2) is 5.82 Å². The maximum absolute atomic E-state index is 15.6. The van der Waals surface area contributed by atoms with Crippen molar-refractivity contribution in [3.8, 4) is 5.75 Å². The number of nitrogens with zero attached hydrogens (tertiary/aromatic N) is 6. The van der Waals surface area contributed by atoms with Gasteiger partial charge in [-0.3, -0.25) is 39.0 Å². The zero-order valence-corrected chi connectivity index (χ0v) is 41.1. The van der Waals surface area contributed by atoms with Crippen LogP contribution < -0.4 is 30.5 Å². The first kappa shape index (κ1) is 53.0. The van der Waals surface area contributed by atoms with Crippen LogP contribution in [0.5, 0.6) is 5.75 Å². The molecule has 73 heavy (non-hydrogen) atoms. The molecule has 8 rings (SSSR count). The molecule has 0 spiro atoms. The Morgan fingerprint density at radius 2 is 1.56 bits per heavy atom. The van der Waals surface area contributed by atoms with Crippen LogP contribution in [0.3, 0.4) is 0 Å². The molecule has 0 bridgehead atoms. The number of aryl methyl sites for hydroxylation is 1. The molecular formula is C50H62F3N9O11. The van der Waals surface area contributed by atoms with Crippen LogP contribution in [0.1, 0.15) is 94.4 Å². The molecule has 3 N–H and O–H groups in total. The molecule has 1 aliphatic carbocycles. The van der Waals surface area contributed by atoms with Gasteiger partial charge < -0.3 is 49.0 Å². The molecule has 6 amide bonds. The summed E-state index contributed by atoms with van der Waals surface area (Å²) >= 11 is 0. The van der Waals surface area contributed by atoms with Gasteiger partial charge in [-0.05, 0) is 62.6 Å². The van der Waals surface area contributed by atoms with Crippen molar-refractivity contribution in [1.29, 1.82) is 0 Å². The first-order valence-electron chi connectivity index (χ1n) is 24.9. The van der Waals surface area contributed by atoms with Crippen LogP contribution in [0, 0.1) is 5.82 Å². The minimum atomic E-state index is -3.64. The van der Waals surface area contributed by atoms with Gasteiger partial charge in [0, 0.05) is 57.9 Å². The van der Waals surface area contributed by atoms with Gasteiger partial charge in [-0.2, -0.15) is 13.8 Å². The van der Waals surface area contributed by atoms with E-state index in [-0.39, 0.29) is 64.9 Å². The third kappa shape index (κ3) is 12.6. The molecule has 1 atom stereocenters. The van der Waals surface area contributed by atoms with Crippen LogP contribution in [-0.4, -0.2) is 172 Å². The number of hydrogen-bond acceptors (Lipinski definition) is 16. The zero-order chi connectivity index (χ0) is 51.6. The van der Waals surface area contributed by atoms with Crippen molar-refractivity contribution in [2.75, 3.05) is 108 Å². The van der Waals surface area contributed by atoms with E-state index in [1.165, 1.54) is 31.3 Å². The molecule has 3 aromatic rings. The highest BCUT2D eigenvalue weighted by molar-refractivity contribution is 6.24. The smallest absolute Gasteiger partial charge is 0.342 e. The molecule has 20 nitrogen and oxygen atoms in total. The second-order valence-corrected chi connectivity index (χ2v) is 18.6. The van der Waals surface area contributed by atoms with Crippen LogP contribution in [0.2, 0.25) is 0 Å². The molecule has 5 aliphatic rings. The highest BCUT2D eigenvalue weighted by atomic mass is 19.3. The third-order valence-electron chi connectivity index (χ3n) is 13.8. The summed E-state index contributed by atoms with van der Waals surface area (Å²) in [5.74, 6) is -8.22. The Labute approximate surface area is 420 Å². The first-order chi connectivity index (χ1) is 35.2. The van der Waals surface area contributed by atoms with E-state index in [1.54, 1.807) is 18.2 Å². The van der Waals surface area contributed by atoms with Crippen molar-refractivity contribution in [3.63, 3.8) is 0 Å². The highest BCUT2D eigenvalue weighted by Crippen LogP contribution is 2.40. The van der Waals surface area contributed by atoms with E-state index < -0.39 is 59.8 Å². The Hall–Kier alpha value is -6.27. The van der Waals surface area contributed by atoms with Gasteiger partial charge in [0.1, 0.15) is 23.3 Å². The summed E-state index contributed by atoms with van der Waals surface area (Å²) in [7, 11) is 2.63. The number of halogens is 3. The average Bonchev–Trinajstić information content (AvgIpc) is 3.99. The molecule has 2 saturated heterocycles. The lowest BCUT2D eigenvalue weighted by molar-refractivity contribution is -0.140. The summed E-state index contributed by atoms with van der Waals surface area (Å²) in [6, 6.07) is 6.06. The van der Waals surface area contributed by atoms with Crippen LogP contribution in [0.25, 0.3) is 0 Å². The number of carbonyl (C=O) groups excluding carboxylic acids is 6. The summed E-state index contributed by atoms with van der Waals surface area (Å²) in [6.07, 6.45) is 6.97. The van der Waals surface area contributed by atoms with E-state index in [4.69, 9.17) is 23.7 Å². The number of imide groups is 2. The molecule has 5 heterocycles. The number of aromatic nitrogens is 2. The van der Waals surface area contributed by atoms with E-state index in [1.807, 2.05) is 0 Å². The number of carbonyl (C=O) groups is 6. The van der Waals surface area contributed by atoms with Gasteiger partial charge in [0.2, 0.25) is 17.8 Å². The summed E-state index contributed by atoms with van der Waals surface area (Å²) < 4.78 is 73.9. The van der Waals surface area contributed by atoms with E-state index in [2.05, 4.69) is 30.8 Å². The Bertz CT molecular complexity index is 2520. The molecular weight excluding hydrogens is 960 g/mol. The van der Waals surface area contributed by atoms with Crippen molar-refractivity contribution in [2.24, 2.45) is 0 Å². The SMILES string of the molecule is COc1cc(C(=O)NC2CCN(CCOCCOCCOCCOCCCc3cccc4c3C(=O)N(C3CCC(=O)NC3=O)C4=O)CC2)c(F)cc1Nc1ncc2c(n1)N(C1CCCC1)CC(F)(F)C(=O)N2C. The molecule has 394 valence electrons. The van der Waals surface area contributed by atoms with E-state index in [0.717, 1.165) is 28.7 Å². The third-order valence-corrected chi connectivity index (χ3v) is 13.8. The van der Waals surface area contributed by atoms with Crippen LogP contribution in [0.4, 0.5) is 36.3 Å². The quantitative estimate of drug-likeness (QED) is 0.0902. The topological polar surface area (TPSA) is 223 Å². The van der Waals surface area contributed by atoms with Crippen LogP contribution in [-0.2, 0) is 39.8 Å². The van der Waals surface area contributed by atoms with E-state index in [9.17, 15) is 28.8 Å². The lowest BCUT2D eigenvalue weighted by Crippen LogP contribution is -2.54. The van der Waals surface area contributed by atoms with E-state index in [0.29, 0.717) is 122 Å².